The van der Waals surface area contributed by atoms with E-state index in [1.807, 2.05) is 0 Å². The van der Waals surface area contributed by atoms with E-state index in [2.05, 4.69) is 5.32 Å². The predicted molar refractivity (Wildman–Crippen MR) is 77.8 cm³/mol. The molecule has 0 aromatic heterocycles. The Morgan fingerprint density at radius 3 is 2.76 bits per heavy atom. The molecule has 0 aliphatic rings. The maximum absolute atomic E-state index is 13.2. The molecule has 0 atom stereocenters. The number of rotatable bonds is 5. The van der Waals surface area contributed by atoms with E-state index < -0.39 is 11.8 Å². The van der Waals surface area contributed by atoms with E-state index in [0.29, 0.717) is 23.4 Å². The van der Waals surface area contributed by atoms with E-state index in [1.54, 1.807) is 31.2 Å². The number of nitrogens with one attached hydrogen (secondary N) is 1. The summed E-state index contributed by atoms with van der Waals surface area (Å²) in [4.78, 5) is 11.8. The van der Waals surface area contributed by atoms with Crippen molar-refractivity contribution in [1.82, 2.24) is 0 Å². The van der Waals surface area contributed by atoms with Gasteiger partial charge in [0.25, 0.3) is 0 Å². The number of halogens is 1. The molecular weight excluding hydrogens is 273 g/mol. The first-order valence-electron chi connectivity index (χ1n) is 6.58. The number of para-hydroxylation sites is 1. The van der Waals surface area contributed by atoms with Crippen molar-refractivity contribution in [2.24, 2.45) is 0 Å². The fourth-order valence-electron chi connectivity index (χ4n) is 1.96. The lowest BCUT2D eigenvalue weighted by molar-refractivity contribution is 0.0527. The van der Waals surface area contributed by atoms with Gasteiger partial charge in [0.15, 0.2) is 0 Å². The van der Waals surface area contributed by atoms with Gasteiger partial charge in [-0.15, -0.1) is 0 Å². The summed E-state index contributed by atoms with van der Waals surface area (Å²) in [7, 11) is 0. The molecule has 2 aromatic rings. The van der Waals surface area contributed by atoms with Crippen LogP contribution in [0.15, 0.2) is 42.5 Å². The van der Waals surface area contributed by atoms with E-state index in [9.17, 15) is 14.3 Å². The van der Waals surface area contributed by atoms with Gasteiger partial charge in [-0.05, 0) is 36.8 Å². The third-order valence-corrected chi connectivity index (χ3v) is 2.85. The van der Waals surface area contributed by atoms with Crippen LogP contribution in [-0.4, -0.2) is 17.7 Å². The van der Waals surface area contributed by atoms with Gasteiger partial charge < -0.3 is 15.2 Å². The Labute approximate surface area is 122 Å². The quantitative estimate of drug-likeness (QED) is 0.829. The number of carbonyl (C=O) groups is 1. The Bertz CT molecular complexity index is 623. The van der Waals surface area contributed by atoms with Crippen LogP contribution >= 0.6 is 0 Å². The molecule has 2 aromatic carbocycles. The van der Waals surface area contributed by atoms with Gasteiger partial charge in [0, 0.05) is 18.3 Å². The number of phenols is 1. The lowest BCUT2D eigenvalue weighted by Crippen LogP contribution is -2.09. The van der Waals surface area contributed by atoms with Gasteiger partial charge in [-0.1, -0.05) is 12.1 Å². The van der Waals surface area contributed by atoms with Gasteiger partial charge in [-0.3, -0.25) is 0 Å². The first-order valence-corrected chi connectivity index (χ1v) is 6.58. The molecule has 0 heterocycles. The molecule has 0 spiro atoms. The second-order valence-corrected chi connectivity index (χ2v) is 4.44. The van der Waals surface area contributed by atoms with Crippen molar-refractivity contribution in [3.8, 4) is 5.75 Å². The topological polar surface area (TPSA) is 58.6 Å². The molecule has 2 rings (SSSR count). The standard InChI is InChI=1S/C16H16FNO3/c1-2-21-16(20)14-5-3-4-6-15(14)18-10-11-7-12(17)9-13(19)8-11/h3-9,18-19H,2,10H2,1H3. The van der Waals surface area contributed by atoms with Crippen molar-refractivity contribution in [2.45, 2.75) is 13.5 Å². The van der Waals surface area contributed by atoms with Crippen molar-refractivity contribution < 1.29 is 19.0 Å². The molecule has 0 aliphatic carbocycles. The van der Waals surface area contributed by atoms with Crippen molar-refractivity contribution in [3.05, 3.63) is 59.4 Å². The molecule has 4 nitrogen and oxygen atoms in total. The van der Waals surface area contributed by atoms with Gasteiger partial charge in [-0.25, -0.2) is 9.18 Å². The zero-order valence-corrected chi connectivity index (χ0v) is 11.6. The van der Waals surface area contributed by atoms with E-state index in [4.69, 9.17) is 4.74 Å². The Balaban J connectivity index is 2.14. The van der Waals surface area contributed by atoms with E-state index in [0.717, 1.165) is 6.07 Å². The highest BCUT2D eigenvalue weighted by Crippen LogP contribution is 2.19. The smallest absolute Gasteiger partial charge is 0.340 e. The fraction of sp³-hybridized carbons (Fsp3) is 0.188. The second-order valence-electron chi connectivity index (χ2n) is 4.44. The molecule has 0 bridgehead atoms. The SMILES string of the molecule is CCOC(=O)c1ccccc1NCc1cc(O)cc(F)c1. The Morgan fingerprint density at radius 2 is 2.05 bits per heavy atom. The third-order valence-electron chi connectivity index (χ3n) is 2.85. The van der Waals surface area contributed by atoms with Crippen LogP contribution in [0.1, 0.15) is 22.8 Å². The Hall–Kier alpha value is -2.56. The van der Waals surface area contributed by atoms with Crippen LogP contribution in [0.3, 0.4) is 0 Å². The number of ether oxygens (including phenoxy) is 1. The lowest BCUT2D eigenvalue weighted by atomic mass is 10.1. The van der Waals surface area contributed by atoms with Crippen LogP contribution in [0.4, 0.5) is 10.1 Å². The minimum Gasteiger partial charge on any atom is -0.508 e. The average molecular weight is 289 g/mol. The summed E-state index contributed by atoms with van der Waals surface area (Å²) in [5.74, 6) is -1.06. The number of aromatic hydroxyl groups is 1. The molecule has 0 fully saturated rings. The number of hydrogen-bond donors (Lipinski definition) is 2. The maximum Gasteiger partial charge on any atom is 0.340 e. The van der Waals surface area contributed by atoms with E-state index in [-0.39, 0.29) is 12.3 Å². The Morgan fingerprint density at radius 1 is 1.29 bits per heavy atom. The van der Waals surface area contributed by atoms with Crippen LogP contribution in [0.2, 0.25) is 0 Å². The van der Waals surface area contributed by atoms with Crippen molar-refractivity contribution >= 4 is 11.7 Å². The molecule has 2 N–H and O–H groups in total. The summed E-state index contributed by atoms with van der Waals surface area (Å²) in [6.07, 6.45) is 0. The average Bonchev–Trinajstić information content (AvgIpc) is 2.45. The summed E-state index contributed by atoms with van der Waals surface area (Å²) in [6.45, 7) is 2.32. The third kappa shape index (κ3) is 3.95. The number of esters is 1. The Kier molecular flexibility index (Phi) is 4.77. The van der Waals surface area contributed by atoms with E-state index in [1.165, 1.54) is 12.1 Å². The van der Waals surface area contributed by atoms with Gasteiger partial charge >= 0.3 is 5.97 Å². The minimum atomic E-state index is -0.509. The molecule has 21 heavy (non-hydrogen) atoms. The van der Waals surface area contributed by atoms with Crippen LogP contribution in [0.5, 0.6) is 5.75 Å². The van der Waals surface area contributed by atoms with Crippen LogP contribution in [0.25, 0.3) is 0 Å². The van der Waals surface area contributed by atoms with E-state index >= 15 is 0 Å². The largest absolute Gasteiger partial charge is 0.508 e. The van der Waals surface area contributed by atoms with Gasteiger partial charge in [0.1, 0.15) is 11.6 Å². The molecule has 110 valence electrons. The lowest BCUT2D eigenvalue weighted by Gasteiger charge is -2.11. The van der Waals surface area contributed by atoms with Crippen molar-refractivity contribution in [2.75, 3.05) is 11.9 Å². The number of benzene rings is 2. The summed E-state index contributed by atoms with van der Waals surface area (Å²) < 4.78 is 18.2. The maximum atomic E-state index is 13.2. The monoisotopic (exact) mass is 289 g/mol. The van der Waals surface area contributed by atoms with Crippen LogP contribution in [-0.2, 0) is 11.3 Å². The van der Waals surface area contributed by atoms with Crippen LogP contribution < -0.4 is 5.32 Å². The molecule has 0 aliphatic heterocycles. The molecule has 0 saturated heterocycles. The van der Waals surface area contributed by atoms with Crippen LogP contribution in [0, 0.1) is 5.82 Å². The van der Waals surface area contributed by atoms with Crippen molar-refractivity contribution in [1.29, 1.82) is 0 Å². The second kappa shape index (κ2) is 6.74. The number of anilines is 1. The molecule has 0 amide bonds. The number of phenolic OH excluding ortho intramolecular Hbond substituents is 1. The summed E-state index contributed by atoms with van der Waals surface area (Å²) in [5.41, 5.74) is 1.59. The summed E-state index contributed by atoms with van der Waals surface area (Å²) in [5, 5.41) is 12.4. The van der Waals surface area contributed by atoms with Gasteiger partial charge in [0.2, 0.25) is 0 Å². The number of hydrogen-bond acceptors (Lipinski definition) is 4. The highest BCUT2D eigenvalue weighted by molar-refractivity contribution is 5.95. The molecule has 0 saturated carbocycles. The summed E-state index contributed by atoms with van der Waals surface area (Å²) >= 11 is 0. The fourth-order valence-corrected chi connectivity index (χ4v) is 1.96. The highest BCUT2D eigenvalue weighted by atomic mass is 19.1. The minimum absolute atomic E-state index is 0.134. The molecule has 5 heteroatoms. The van der Waals surface area contributed by atoms with Gasteiger partial charge in [-0.2, -0.15) is 0 Å². The first-order chi connectivity index (χ1) is 10.1. The highest BCUT2D eigenvalue weighted by Gasteiger charge is 2.11. The van der Waals surface area contributed by atoms with Gasteiger partial charge in [0.05, 0.1) is 12.2 Å². The molecular formula is C16H16FNO3. The molecule has 0 unspecified atom stereocenters. The van der Waals surface area contributed by atoms with Crippen molar-refractivity contribution in [3.63, 3.8) is 0 Å². The normalized spacial score (nSPS) is 10.2. The zero-order chi connectivity index (χ0) is 15.2. The number of carbonyl (C=O) groups excluding carboxylic acids is 1. The molecule has 0 radical (unpaired) electrons. The zero-order valence-electron chi connectivity index (χ0n) is 11.6. The predicted octanol–water partition coefficient (Wildman–Crippen LogP) is 3.32. The first kappa shape index (κ1) is 14.8. The summed E-state index contributed by atoms with van der Waals surface area (Å²) in [6, 6.07) is 10.7.